The second kappa shape index (κ2) is 8.96. The highest BCUT2D eigenvalue weighted by Gasteiger charge is 2.69. The van der Waals surface area contributed by atoms with E-state index in [0.717, 1.165) is 25.7 Å². The van der Waals surface area contributed by atoms with E-state index >= 15 is 0 Å². The minimum absolute atomic E-state index is 0.0240. The third kappa shape index (κ3) is 4.98. The molecule has 9 heteroatoms. The molecule has 4 aliphatic rings. The fraction of sp³-hybridized carbons (Fsp3) is 0.800. The number of primary amides is 1. The number of carbonyl (C=O) groups excluding carboxylic acids is 5. The van der Waals surface area contributed by atoms with Gasteiger partial charge >= 0.3 is 0 Å². The topological polar surface area (TPSA) is 139 Å². The molecule has 4 rings (SSSR count). The molecule has 0 bridgehead atoms. The van der Waals surface area contributed by atoms with Crippen molar-refractivity contribution >= 4 is 29.4 Å². The van der Waals surface area contributed by atoms with Gasteiger partial charge in [0.05, 0.1) is 6.04 Å². The van der Waals surface area contributed by atoms with Crippen LogP contribution in [0.25, 0.3) is 0 Å². The molecule has 5 atom stereocenters. The molecule has 3 aliphatic carbocycles. The van der Waals surface area contributed by atoms with Crippen LogP contribution in [0.4, 0.5) is 0 Å². The van der Waals surface area contributed by atoms with Gasteiger partial charge in [-0.3, -0.25) is 24.0 Å². The minimum Gasteiger partial charge on any atom is -0.363 e. The van der Waals surface area contributed by atoms with Gasteiger partial charge in [-0.1, -0.05) is 53.4 Å². The van der Waals surface area contributed by atoms with E-state index < -0.39 is 35.7 Å². The van der Waals surface area contributed by atoms with E-state index in [1.54, 1.807) is 18.7 Å². The van der Waals surface area contributed by atoms with Gasteiger partial charge in [0.1, 0.15) is 12.1 Å². The largest absolute Gasteiger partial charge is 0.363 e. The monoisotopic (exact) mass is 474 g/mol. The Bertz CT molecular complexity index is 892. The quantitative estimate of drug-likeness (QED) is 0.379. The summed E-state index contributed by atoms with van der Waals surface area (Å²) < 4.78 is 0. The Morgan fingerprint density at radius 3 is 2.00 bits per heavy atom. The van der Waals surface area contributed by atoms with Crippen molar-refractivity contribution in [1.29, 1.82) is 0 Å². The standard InChI is InChI=1S/C25H38N4O5/c1-12(2)22(32)28-17(10-14-7-8-14)24(34)29-11-15-18(25(15,3)4)19(29)23(33)27-16(9-13-5-6-13)20(30)21(26)31/h12-19H,5-11H2,1-4H3,(H2,26,31)(H,27,33)(H,28,32)/t15-,16?,17?,18?,19-/m0/s1. The average Bonchev–Trinajstić information content (AvgIpc) is 3.71. The van der Waals surface area contributed by atoms with Gasteiger partial charge in [0.15, 0.2) is 0 Å². The molecule has 0 radical (unpaired) electrons. The molecule has 188 valence electrons. The first-order valence-corrected chi connectivity index (χ1v) is 12.7. The number of piperidine rings is 1. The first-order valence-electron chi connectivity index (χ1n) is 12.7. The number of hydrogen-bond donors (Lipinski definition) is 3. The van der Waals surface area contributed by atoms with Crippen LogP contribution >= 0.6 is 0 Å². The van der Waals surface area contributed by atoms with Crippen LogP contribution in [0.3, 0.4) is 0 Å². The Morgan fingerprint density at radius 1 is 0.941 bits per heavy atom. The van der Waals surface area contributed by atoms with Crippen molar-refractivity contribution in [2.24, 2.45) is 40.7 Å². The number of likely N-dealkylation sites (tertiary alicyclic amines) is 1. The van der Waals surface area contributed by atoms with Crippen molar-refractivity contribution < 1.29 is 24.0 Å². The molecule has 4 fully saturated rings. The lowest BCUT2D eigenvalue weighted by Crippen LogP contribution is -2.58. The molecule has 0 aromatic heterocycles. The summed E-state index contributed by atoms with van der Waals surface area (Å²) in [6.07, 6.45) is 4.97. The lowest BCUT2D eigenvalue weighted by Gasteiger charge is -2.34. The van der Waals surface area contributed by atoms with E-state index in [9.17, 15) is 24.0 Å². The summed E-state index contributed by atoms with van der Waals surface area (Å²) in [5.74, 6) is -2.05. The highest BCUT2D eigenvalue weighted by Crippen LogP contribution is 2.65. The maximum atomic E-state index is 13.7. The van der Waals surface area contributed by atoms with Gasteiger partial charge in [-0.25, -0.2) is 0 Å². The van der Waals surface area contributed by atoms with Crippen LogP contribution in [0.15, 0.2) is 0 Å². The number of hydrogen-bond acceptors (Lipinski definition) is 5. The van der Waals surface area contributed by atoms with E-state index in [2.05, 4.69) is 24.5 Å². The highest BCUT2D eigenvalue weighted by molar-refractivity contribution is 6.37. The maximum Gasteiger partial charge on any atom is 0.287 e. The Hall–Kier alpha value is -2.45. The van der Waals surface area contributed by atoms with E-state index in [-0.39, 0.29) is 35.0 Å². The van der Waals surface area contributed by atoms with E-state index in [1.165, 1.54) is 0 Å². The summed E-state index contributed by atoms with van der Waals surface area (Å²) in [6.45, 7) is 8.19. The summed E-state index contributed by atoms with van der Waals surface area (Å²) >= 11 is 0. The van der Waals surface area contributed by atoms with Crippen molar-refractivity contribution in [3.63, 3.8) is 0 Å². The fourth-order valence-corrected chi connectivity index (χ4v) is 5.61. The van der Waals surface area contributed by atoms with Crippen LogP contribution in [0.2, 0.25) is 0 Å². The van der Waals surface area contributed by atoms with Crippen LogP contribution in [0.1, 0.15) is 66.2 Å². The van der Waals surface area contributed by atoms with E-state index in [0.29, 0.717) is 31.2 Å². The second-order valence-corrected chi connectivity index (χ2v) is 11.8. The minimum atomic E-state index is -1.06. The van der Waals surface area contributed by atoms with Gasteiger partial charge in [-0.15, -0.1) is 0 Å². The summed E-state index contributed by atoms with van der Waals surface area (Å²) in [5, 5.41) is 5.68. The van der Waals surface area contributed by atoms with Gasteiger partial charge < -0.3 is 21.3 Å². The predicted octanol–water partition coefficient (Wildman–Crippen LogP) is 0.750. The molecule has 3 saturated carbocycles. The van der Waals surface area contributed by atoms with Crippen molar-refractivity contribution in [1.82, 2.24) is 15.5 Å². The Kier molecular flexibility index (Phi) is 6.50. The number of amides is 4. The summed E-state index contributed by atoms with van der Waals surface area (Å²) in [7, 11) is 0. The molecule has 4 N–H and O–H groups in total. The van der Waals surface area contributed by atoms with Crippen LogP contribution in [-0.2, 0) is 24.0 Å². The normalized spacial score (nSPS) is 28.6. The summed E-state index contributed by atoms with van der Waals surface area (Å²) in [4.78, 5) is 65.2. The number of nitrogens with one attached hydrogen (secondary N) is 2. The van der Waals surface area contributed by atoms with Gasteiger partial charge in [0.25, 0.3) is 5.91 Å². The third-order valence-electron chi connectivity index (χ3n) is 8.31. The van der Waals surface area contributed by atoms with Crippen LogP contribution in [0.5, 0.6) is 0 Å². The number of carbonyl (C=O) groups is 5. The molecule has 1 aliphatic heterocycles. The number of rotatable bonds is 11. The maximum absolute atomic E-state index is 13.7. The van der Waals surface area contributed by atoms with Crippen LogP contribution in [-0.4, -0.2) is 59.0 Å². The van der Waals surface area contributed by atoms with Gasteiger partial charge in [-0.2, -0.15) is 0 Å². The Morgan fingerprint density at radius 2 is 1.50 bits per heavy atom. The molecule has 0 aromatic carbocycles. The van der Waals surface area contributed by atoms with E-state index in [1.807, 2.05) is 0 Å². The summed E-state index contributed by atoms with van der Waals surface area (Å²) in [6, 6.07) is -2.35. The summed E-state index contributed by atoms with van der Waals surface area (Å²) in [5.41, 5.74) is 5.14. The number of ketones is 1. The van der Waals surface area contributed by atoms with Gasteiger partial charge in [0.2, 0.25) is 23.5 Å². The average molecular weight is 475 g/mol. The second-order valence-electron chi connectivity index (χ2n) is 11.8. The van der Waals surface area contributed by atoms with Gasteiger partial charge in [0, 0.05) is 12.5 Å². The lowest BCUT2D eigenvalue weighted by molar-refractivity contribution is -0.145. The first kappa shape index (κ1) is 24.7. The smallest absolute Gasteiger partial charge is 0.287 e. The zero-order valence-electron chi connectivity index (χ0n) is 20.6. The molecule has 1 saturated heterocycles. The molecule has 0 spiro atoms. The SMILES string of the molecule is CC(C)C(=O)NC(CC1CC1)C(=O)N1C[C@H]2C([C@H]1C(=O)NC(CC1CC1)C(=O)C(N)=O)C2(C)C. The number of Topliss-reactive ketones (excluding diaryl/α,β-unsaturated/α-hetero) is 1. The third-order valence-corrected chi connectivity index (χ3v) is 8.31. The Balaban J connectivity index is 1.52. The van der Waals surface area contributed by atoms with Crippen molar-refractivity contribution in [2.75, 3.05) is 6.54 Å². The van der Waals surface area contributed by atoms with Gasteiger partial charge in [-0.05, 0) is 41.9 Å². The zero-order valence-corrected chi connectivity index (χ0v) is 20.6. The Labute approximate surface area is 200 Å². The first-order chi connectivity index (χ1) is 15.9. The molecule has 9 nitrogen and oxygen atoms in total. The van der Waals surface area contributed by atoms with Crippen molar-refractivity contribution in [2.45, 2.75) is 84.3 Å². The van der Waals surface area contributed by atoms with E-state index in [4.69, 9.17) is 5.73 Å². The molecule has 3 unspecified atom stereocenters. The molecule has 0 aromatic rings. The number of nitrogens with zero attached hydrogens (tertiary/aromatic N) is 1. The molecular weight excluding hydrogens is 436 g/mol. The van der Waals surface area contributed by atoms with Crippen molar-refractivity contribution in [3.8, 4) is 0 Å². The zero-order chi connectivity index (χ0) is 24.9. The molecule has 1 heterocycles. The predicted molar refractivity (Wildman–Crippen MR) is 124 cm³/mol. The lowest BCUT2D eigenvalue weighted by atomic mass is 9.97. The molecular formula is C25H38N4O5. The molecule has 4 amide bonds. The number of nitrogens with two attached hydrogens (primary N) is 1. The van der Waals surface area contributed by atoms with Crippen molar-refractivity contribution in [3.05, 3.63) is 0 Å². The number of fused-ring (bicyclic) bond motifs is 1. The van der Waals surface area contributed by atoms with Crippen LogP contribution < -0.4 is 16.4 Å². The fourth-order valence-electron chi connectivity index (χ4n) is 5.61. The van der Waals surface area contributed by atoms with Crippen LogP contribution in [0, 0.1) is 35.0 Å². The highest BCUT2D eigenvalue weighted by atomic mass is 16.2. The molecule has 34 heavy (non-hydrogen) atoms.